The van der Waals surface area contributed by atoms with Gasteiger partial charge in [0.05, 0.1) is 6.61 Å². The Morgan fingerprint density at radius 2 is 2.14 bits per heavy atom. The molecule has 1 aromatic rings. The number of benzene rings is 1. The molecule has 1 aromatic carbocycles. The molecule has 0 bridgehead atoms. The molecule has 0 saturated heterocycles. The van der Waals surface area contributed by atoms with Gasteiger partial charge in [-0.1, -0.05) is 38.0 Å². The molecule has 3 unspecified atom stereocenters. The van der Waals surface area contributed by atoms with Gasteiger partial charge in [0.1, 0.15) is 5.75 Å². The summed E-state index contributed by atoms with van der Waals surface area (Å²) >= 11 is 2.14. The maximum Gasteiger partial charge on any atom is 0.124 e. The van der Waals surface area contributed by atoms with Gasteiger partial charge in [-0.25, -0.2) is 0 Å². The van der Waals surface area contributed by atoms with Gasteiger partial charge < -0.3 is 10.1 Å². The third-order valence-electron chi connectivity index (χ3n) is 4.33. The van der Waals surface area contributed by atoms with E-state index < -0.39 is 0 Å². The van der Waals surface area contributed by atoms with Gasteiger partial charge in [0.2, 0.25) is 0 Å². The van der Waals surface area contributed by atoms with Gasteiger partial charge in [-0.05, 0) is 38.8 Å². The summed E-state index contributed by atoms with van der Waals surface area (Å²) in [4.78, 5) is 0. The van der Waals surface area contributed by atoms with Crippen molar-refractivity contribution in [3.8, 4) is 5.75 Å². The lowest BCUT2D eigenvalue weighted by Gasteiger charge is -2.28. The summed E-state index contributed by atoms with van der Waals surface area (Å²) in [5, 5.41) is 4.30. The summed E-state index contributed by atoms with van der Waals surface area (Å²) in [7, 11) is 2.05. The summed E-state index contributed by atoms with van der Waals surface area (Å²) in [5.74, 6) is 3.05. The molecule has 0 aliphatic heterocycles. The van der Waals surface area contributed by atoms with Gasteiger partial charge in [-0.2, -0.15) is 11.8 Å². The molecule has 0 heterocycles. The van der Waals surface area contributed by atoms with Gasteiger partial charge in [-0.3, -0.25) is 0 Å². The Morgan fingerprint density at radius 3 is 2.86 bits per heavy atom. The van der Waals surface area contributed by atoms with Crippen molar-refractivity contribution in [1.82, 2.24) is 5.32 Å². The van der Waals surface area contributed by atoms with Gasteiger partial charge in [0.25, 0.3) is 0 Å². The topological polar surface area (TPSA) is 21.3 Å². The number of thioether (sulfide) groups is 1. The van der Waals surface area contributed by atoms with Crippen LogP contribution in [0.15, 0.2) is 24.3 Å². The van der Waals surface area contributed by atoms with Crippen LogP contribution in [0.3, 0.4) is 0 Å². The highest BCUT2D eigenvalue weighted by Crippen LogP contribution is 2.35. The number of hydrogen-bond donors (Lipinski definition) is 1. The fourth-order valence-electron chi connectivity index (χ4n) is 3.15. The second-order valence-electron chi connectivity index (χ2n) is 6.04. The van der Waals surface area contributed by atoms with E-state index in [0.717, 1.165) is 29.3 Å². The van der Waals surface area contributed by atoms with Crippen LogP contribution in [-0.4, -0.2) is 24.7 Å². The first-order valence-corrected chi connectivity index (χ1v) is 9.30. The number of rotatable bonds is 7. The van der Waals surface area contributed by atoms with Crippen molar-refractivity contribution in [3.63, 3.8) is 0 Å². The Hall–Kier alpha value is -0.670. The average molecular weight is 308 g/mol. The normalized spacial score (nSPS) is 23.8. The predicted octanol–water partition coefficient (Wildman–Crippen LogP) is 4.66. The van der Waals surface area contributed by atoms with E-state index in [2.05, 4.69) is 55.3 Å². The molecule has 0 amide bonds. The molecule has 118 valence electrons. The quantitative estimate of drug-likeness (QED) is 0.792. The summed E-state index contributed by atoms with van der Waals surface area (Å²) in [5.41, 5.74) is 1.29. The van der Waals surface area contributed by atoms with E-state index in [1.807, 2.05) is 6.92 Å². The Balaban J connectivity index is 1.96. The van der Waals surface area contributed by atoms with Crippen LogP contribution in [-0.2, 0) is 0 Å². The molecule has 1 aliphatic rings. The Bertz CT molecular complexity index is 423. The molecule has 0 spiro atoms. The van der Waals surface area contributed by atoms with Crippen molar-refractivity contribution in [2.24, 2.45) is 5.92 Å². The van der Waals surface area contributed by atoms with Crippen LogP contribution in [0.25, 0.3) is 0 Å². The Labute approximate surface area is 134 Å². The number of hydrogen-bond acceptors (Lipinski definition) is 3. The number of ether oxygens (including phenoxy) is 1. The Kier molecular flexibility index (Phi) is 6.91. The van der Waals surface area contributed by atoms with Crippen molar-refractivity contribution in [2.45, 2.75) is 50.8 Å². The van der Waals surface area contributed by atoms with Crippen LogP contribution in [0.2, 0.25) is 0 Å². The minimum absolute atomic E-state index is 0.370. The maximum atomic E-state index is 5.78. The third kappa shape index (κ3) is 4.93. The van der Waals surface area contributed by atoms with E-state index in [-0.39, 0.29) is 0 Å². The fourth-order valence-corrected chi connectivity index (χ4v) is 4.75. The van der Waals surface area contributed by atoms with Gasteiger partial charge in [-0.15, -0.1) is 0 Å². The first-order chi connectivity index (χ1) is 10.2. The van der Waals surface area contributed by atoms with Gasteiger partial charge in [0.15, 0.2) is 0 Å². The molecule has 0 aromatic heterocycles. The number of nitrogens with one attached hydrogen (secondary N) is 1. The fraction of sp³-hybridized carbons (Fsp3) is 0.667. The lowest BCUT2D eigenvalue weighted by atomic mass is 9.91. The van der Waals surface area contributed by atoms with E-state index in [9.17, 15) is 0 Å². The lowest BCUT2D eigenvalue weighted by Crippen LogP contribution is -2.22. The minimum atomic E-state index is 0.370. The average Bonchev–Trinajstić information content (AvgIpc) is 2.50. The second-order valence-corrected chi connectivity index (χ2v) is 7.37. The molecular weight excluding hydrogens is 278 g/mol. The predicted molar refractivity (Wildman–Crippen MR) is 93.3 cm³/mol. The molecule has 0 radical (unpaired) electrons. The standard InChI is InChI=1S/C18H29NOS/c1-4-20-18-11-6-5-10-16(18)17(19-3)13-21-15-9-7-8-14(2)12-15/h5-6,10-11,14-15,17,19H,4,7-9,12-13H2,1-3H3. The van der Waals surface area contributed by atoms with Gasteiger partial charge in [0, 0.05) is 22.6 Å². The third-order valence-corrected chi connectivity index (χ3v) is 5.75. The van der Waals surface area contributed by atoms with E-state index in [0.29, 0.717) is 6.04 Å². The molecule has 2 rings (SSSR count). The summed E-state index contributed by atoms with van der Waals surface area (Å²) in [6.45, 7) is 5.16. The van der Waals surface area contributed by atoms with Crippen molar-refractivity contribution < 1.29 is 4.74 Å². The highest BCUT2D eigenvalue weighted by molar-refractivity contribution is 7.99. The van der Waals surface area contributed by atoms with Crippen molar-refractivity contribution >= 4 is 11.8 Å². The lowest BCUT2D eigenvalue weighted by molar-refractivity contribution is 0.333. The molecule has 2 nitrogen and oxygen atoms in total. The van der Waals surface area contributed by atoms with Crippen LogP contribution in [0, 0.1) is 5.92 Å². The van der Waals surface area contributed by atoms with Crippen molar-refractivity contribution in [1.29, 1.82) is 0 Å². The minimum Gasteiger partial charge on any atom is -0.494 e. The molecule has 21 heavy (non-hydrogen) atoms. The van der Waals surface area contributed by atoms with Crippen molar-refractivity contribution in [2.75, 3.05) is 19.4 Å². The van der Waals surface area contributed by atoms with Crippen molar-refractivity contribution in [3.05, 3.63) is 29.8 Å². The first-order valence-electron chi connectivity index (χ1n) is 8.25. The maximum absolute atomic E-state index is 5.78. The van der Waals surface area contributed by atoms with Crippen LogP contribution in [0.1, 0.15) is 51.1 Å². The van der Waals surface area contributed by atoms with Crippen LogP contribution in [0.4, 0.5) is 0 Å². The van der Waals surface area contributed by atoms with E-state index in [4.69, 9.17) is 4.74 Å². The zero-order chi connectivity index (χ0) is 15.1. The molecule has 3 heteroatoms. The zero-order valence-electron chi connectivity index (χ0n) is 13.6. The van der Waals surface area contributed by atoms with Crippen LogP contribution < -0.4 is 10.1 Å². The second kappa shape index (κ2) is 8.70. The Morgan fingerprint density at radius 1 is 1.33 bits per heavy atom. The summed E-state index contributed by atoms with van der Waals surface area (Å²) in [6.07, 6.45) is 5.59. The molecule has 3 atom stereocenters. The highest BCUT2D eigenvalue weighted by Gasteiger charge is 2.21. The zero-order valence-corrected chi connectivity index (χ0v) is 14.4. The van der Waals surface area contributed by atoms with Crippen LogP contribution in [0.5, 0.6) is 5.75 Å². The van der Waals surface area contributed by atoms with Gasteiger partial charge >= 0.3 is 0 Å². The SMILES string of the molecule is CCOc1ccccc1C(CSC1CCCC(C)C1)NC. The van der Waals surface area contributed by atoms with E-state index >= 15 is 0 Å². The van der Waals surface area contributed by atoms with E-state index in [1.54, 1.807) is 0 Å². The van der Waals surface area contributed by atoms with Crippen LogP contribution >= 0.6 is 11.8 Å². The highest BCUT2D eigenvalue weighted by atomic mass is 32.2. The largest absolute Gasteiger partial charge is 0.494 e. The molecular formula is C18H29NOS. The number of para-hydroxylation sites is 1. The smallest absolute Gasteiger partial charge is 0.124 e. The molecule has 1 N–H and O–H groups in total. The molecule has 1 saturated carbocycles. The first kappa shape index (κ1) is 16.7. The molecule has 1 aliphatic carbocycles. The molecule has 1 fully saturated rings. The summed E-state index contributed by atoms with van der Waals surface area (Å²) < 4.78 is 5.78. The van der Waals surface area contributed by atoms with E-state index in [1.165, 1.54) is 31.2 Å². The monoisotopic (exact) mass is 307 g/mol. The summed E-state index contributed by atoms with van der Waals surface area (Å²) in [6, 6.07) is 8.80.